The lowest BCUT2D eigenvalue weighted by molar-refractivity contribution is 0.282. The topological polar surface area (TPSA) is 101 Å². The predicted molar refractivity (Wildman–Crippen MR) is 73.5 cm³/mol. The number of nitrogens with one attached hydrogen (secondary N) is 1. The SMILES string of the molecule is COc1ccc(N/C(O)=C(\C#N)P(=O)(OC)OC)cc1. The number of aliphatic hydroxyl groups excluding tert-OH is 1. The van der Waals surface area contributed by atoms with E-state index in [1.807, 2.05) is 0 Å². The summed E-state index contributed by atoms with van der Waals surface area (Å²) < 4.78 is 26.4. The lowest BCUT2D eigenvalue weighted by atomic mass is 10.3. The van der Waals surface area contributed by atoms with Gasteiger partial charge in [-0.05, 0) is 24.3 Å². The van der Waals surface area contributed by atoms with E-state index >= 15 is 0 Å². The van der Waals surface area contributed by atoms with Crippen molar-refractivity contribution < 1.29 is 23.5 Å². The maximum atomic E-state index is 12.1. The van der Waals surface area contributed by atoms with Gasteiger partial charge in [-0.1, -0.05) is 0 Å². The number of nitriles is 1. The fourth-order valence-corrected chi connectivity index (χ4v) is 2.32. The van der Waals surface area contributed by atoms with Crippen LogP contribution in [-0.2, 0) is 13.6 Å². The molecule has 1 aromatic carbocycles. The monoisotopic (exact) mass is 298 g/mol. The molecule has 108 valence electrons. The number of ether oxygens (including phenoxy) is 1. The van der Waals surface area contributed by atoms with E-state index in [9.17, 15) is 9.67 Å². The van der Waals surface area contributed by atoms with Crippen LogP contribution in [0, 0.1) is 11.3 Å². The third-order valence-electron chi connectivity index (χ3n) is 2.44. The van der Waals surface area contributed by atoms with E-state index in [-0.39, 0.29) is 0 Å². The van der Waals surface area contributed by atoms with Gasteiger partial charge in [0, 0.05) is 19.9 Å². The van der Waals surface area contributed by atoms with E-state index in [1.165, 1.54) is 7.11 Å². The zero-order valence-electron chi connectivity index (χ0n) is 11.3. The molecule has 0 aliphatic carbocycles. The van der Waals surface area contributed by atoms with Gasteiger partial charge in [-0.3, -0.25) is 4.57 Å². The Kier molecular flexibility index (Phi) is 5.59. The highest BCUT2D eigenvalue weighted by atomic mass is 31.2. The molecule has 0 radical (unpaired) electrons. The normalized spacial score (nSPS) is 12.3. The fraction of sp³-hybridized carbons (Fsp3) is 0.250. The Bertz CT molecular complexity index is 569. The van der Waals surface area contributed by atoms with E-state index in [0.29, 0.717) is 11.4 Å². The number of hydrogen-bond donors (Lipinski definition) is 2. The van der Waals surface area contributed by atoms with Crippen LogP contribution in [0.3, 0.4) is 0 Å². The van der Waals surface area contributed by atoms with Crippen molar-refractivity contribution in [3.63, 3.8) is 0 Å². The molecule has 0 aliphatic heterocycles. The van der Waals surface area contributed by atoms with Gasteiger partial charge >= 0.3 is 7.60 Å². The Labute approximate surface area is 116 Å². The van der Waals surface area contributed by atoms with Crippen LogP contribution in [0.15, 0.2) is 35.5 Å². The molecule has 0 fully saturated rings. The second kappa shape index (κ2) is 6.96. The molecule has 0 heterocycles. The van der Waals surface area contributed by atoms with Gasteiger partial charge in [0.15, 0.2) is 0 Å². The lowest BCUT2D eigenvalue weighted by Crippen LogP contribution is -2.04. The lowest BCUT2D eigenvalue weighted by Gasteiger charge is -2.14. The van der Waals surface area contributed by atoms with Crippen LogP contribution >= 0.6 is 7.60 Å². The van der Waals surface area contributed by atoms with Gasteiger partial charge in [0.05, 0.1) is 7.11 Å². The quantitative estimate of drug-likeness (QED) is 0.473. The minimum absolute atomic E-state index is 0.481. The van der Waals surface area contributed by atoms with Crippen LogP contribution in [0.25, 0.3) is 0 Å². The van der Waals surface area contributed by atoms with Crippen molar-refractivity contribution in [1.29, 1.82) is 5.26 Å². The second-order valence-electron chi connectivity index (χ2n) is 3.53. The van der Waals surface area contributed by atoms with E-state index < -0.39 is 18.8 Å². The van der Waals surface area contributed by atoms with E-state index in [2.05, 4.69) is 14.4 Å². The smallest absolute Gasteiger partial charge is 0.376 e. The van der Waals surface area contributed by atoms with Crippen molar-refractivity contribution in [2.45, 2.75) is 0 Å². The van der Waals surface area contributed by atoms with Gasteiger partial charge in [-0.25, -0.2) is 0 Å². The first-order valence-corrected chi connectivity index (χ1v) is 7.01. The van der Waals surface area contributed by atoms with Crippen molar-refractivity contribution >= 4 is 13.3 Å². The average molecular weight is 298 g/mol. The highest BCUT2D eigenvalue weighted by Crippen LogP contribution is 2.55. The molecule has 1 aromatic rings. The van der Waals surface area contributed by atoms with Crippen molar-refractivity contribution in [3.8, 4) is 11.8 Å². The molecule has 0 saturated heterocycles. The minimum Gasteiger partial charge on any atom is -0.497 e. The number of allylic oxidation sites excluding steroid dienone is 1. The molecule has 1 rings (SSSR count). The molecule has 0 amide bonds. The standard InChI is InChI=1S/C12H15N2O5P/c1-17-10-6-4-9(5-7-10)14-12(15)11(8-13)20(16,18-2)19-3/h4-7,14-15H,1-3H3/b12-11-. The number of methoxy groups -OCH3 is 1. The molecule has 7 nitrogen and oxygen atoms in total. The predicted octanol–water partition coefficient (Wildman–Crippen LogP) is 2.84. The third-order valence-corrected chi connectivity index (χ3v) is 4.26. The van der Waals surface area contributed by atoms with E-state index in [0.717, 1.165) is 14.2 Å². The molecule has 0 bridgehead atoms. The first-order valence-electron chi connectivity index (χ1n) is 5.47. The Hall–Kier alpha value is -2.00. The van der Waals surface area contributed by atoms with Crippen LogP contribution in [-0.4, -0.2) is 26.4 Å². The van der Waals surface area contributed by atoms with Crippen molar-refractivity contribution in [1.82, 2.24) is 0 Å². The van der Waals surface area contributed by atoms with Gasteiger partial charge < -0.3 is 24.2 Å². The maximum absolute atomic E-state index is 12.1. The molecule has 0 unspecified atom stereocenters. The second-order valence-corrected chi connectivity index (χ2v) is 5.70. The highest BCUT2D eigenvalue weighted by Gasteiger charge is 2.32. The van der Waals surface area contributed by atoms with Crippen LogP contribution in [0.2, 0.25) is 0 Å². The molecule has 0 aromatic heterocycles. The van der Waals surface area contributed by atoms with Gasteiger partial charge in [-0.2, -0.15) is 5.26 Å². The van der Waals surface area contributed by atoms with Gasteiger partial charge in [0.2, 0.25) is 11.2 Å². The first kappa shape index (κ1) is 16.1. The van der Waals surface area contributed by atoms with Gasteiger partial charge in [-0.15, -0.1) is 0 Å². The number of anilines is 1. The molecule has 0 atom stereocenters. The number of nitrogens with zero attached hydrogens (tertiary/aromatic N) is 1. The number of rotatable bonds is 6. The Morgan fingerprint density at radius 2 is 1.80 bits per heavy atom. The van der Waals surface area contributed by atoms with Crippen LogP contribution in [0.4, 0.5) is 5.69 Å². The third kappa shape index (κ3) is 3.52. The summed E-state index contributed by atoms with van der Waals surface area (Å²) in [6, 6.07) is 8.18. The average Bonchev–Trinajstić information content (AvgIpc) is 2.48. The van der Waals surface area contributed by atoms with Crippen LogP contribution < -0.4 is 10.1 Å². The Morgan fingerprint density at radius 1 is 1.25 bits per heavy atom. The van der Waals surface area contributed by atoms with E-state index in [1.54, 1.807) is 30.3 Å². The van der Waals surface area contributed by atoms with Gasteiger partial charge in [0.1, 0.15) is 11.8 Å². The number of aliphatic hydroxyl groups is 1. The molecular formula is C12H15N2O5P. The molecule has 20 heavy (non-hydrogen) atoms. The van der Waals surface area contributed by atoms with Crippen LogP contribution in [0.5, 0.6) is 5.75 Å². The summed E-state index contributed by atoms with van der Waals surface area (Å²) in [5, 5.41) is 20.9. The zero-order valence-corrected chi connectivity index (χ0v) is 12.2. The summed E-state index contributed by atoms with van der Waals surface area (Å²) in [5.41, 5.74) is 0.481. The maximum Gasteiger partial charge on any atom is 0.376 e. The molecule has 0 saturated carbocycles. The van der Waals surface area contributed by atoms with Crippen molar-refractivity contribution in [2.75, 3.05) is 26.6 Å². The summed E-state index contributed by atoms with van der Waals surface area (Å²) in [6.07, 6.45) is 0. The summed E-state index contributed by atoms with van der Waals surface area (Å²) in [5.74, 6) is 0.0451. The summed E-state index contributed by atoms with van der Waals surface area (Å²) in [7, 11) is -0.0350. The number of hydrogen-bond acceptors (Lipinski definition) is 7. The molecular weight excluding hydrogens is 283 g/mol. The zero-order chi connectivity index (χ0) is 15.2. The number of benzene rings is 1. The Balaban J connectivity index is 3.06. The summed E-state index contributed by atoms with van der Waals surface area (Å²) >= 11 is 0. The molecule has 2 N–H and O–H groups in total. The molecule has 0 spiro atoms. The highest BCUT2D eigenvalue weighted by molar-refractivity contribution is 7.58. The van der Waals surface area contributed by atoms with Crippen LogP contribution in [0.1, 0.15) is 0 Å². The first-order chi connectivity index (χ1) is 9.50. The largest absolute Gasteiger partial charge is 0.497 e. The minimum atomic E-state index is -3.82. The molecule has 0 aliphatic rings. The van der Waals surface area contributed by atoms with Crippen molar-refractivity contribution in [2.24, 2.45) is 0 Å². The molecule has 8 heteroatoms. The summed E-state index contributed by atoms with van der Waals surface area (Å²) in [6.45, 7) is 0. The van der Waals surface area contributed by atoms with Crippen molar-refractivity contribution in [3.05, 3.63) is 35.5 Å². The van der Waals surface area contributed by atoms with Gasteiger partial charge in [0.25, 0.3) is 0 Å². The van der Waals surface area contributed by atoms with E-state index in [4.69, 9.17) is 10.00 Å². The Morgan fingerprint density at radius 3 is 2.20 bits per heavy atom. The fourth-order valence-electron chi connectivity index (χ4n) is 1.37. The summed E-state index contributed by atoms with van der Waals surface area (Å²) in [4.78, 5) is 0.